The summed E-state index contributed by atoms with van der Waals surface area (Å²) in [6.07, 6.45) is 0.563. The molecule has 0 bridgehead atoms. The Morgan fingerprint density at radius 3 is 2.46 bits per heavy atom. The SMILES string of the molecule is CCc1c(C)nc(-n2[nH]c(C)c(N=Nc3ccc(Cl)cc3)c2=O)[nH]c1=O. The van der Waals surface area contributed by atoms with E-state index in [1.54, 1.807) is 38.1 Å². The summed E-state index contributed by atoms with van der Waals surface area (Å²) in [5.41, 5.74) is 1.66. The second-order valence-electron chi connectivity index (χ2n) is 5.71. The summed E-state index contributed by atoms with van der Waals surface area (Å²) < 4.78 is 1.15. The molecular formula is C17H17ClN6O2. The Hall–Kier alpha value is -3.00. The molecule has 0 aliphatic carbocycles. The van der Waals surface area contributed by atoms with Gasteiger partial charge >= 0.3 is 5.56 Å². The van der Waals surface area contributed by atoms with E-state index in [2.05, 4.69) is 25.3 Å². The molecule has 0 fully saturated rings. The van der Waals surface area contributed by atoms with E-state index in [4.69, 9.17) is 11.6 Å². The van der Waals surface area contributed by atoms with Crippen molar-refractivity contribution in [2.75, 3.05) is 0 Å². The maximum atomic E-state index is 12.6. The monoisotopic (exact) mass is 372 g/mol. The van der Waals surface area contributed by atoms with Gasteiger partial charge in [0.25, 0.3) is 5.56 Å². The first-order chi connectivity index (χ1) is 12.4. The van der Waals surface area contributed by atoms with Crippen LogP contribution in [0.25, 0.3) is 5.95 Å². The molecule has 0 amide bonds. The van der Waals surface area contributed by atoms with Gasteiger partial charge in [-0.1, -0.05) is 18.5 Å². The van der Waals surface area contributed by atoms with E-state index < -0.39 is 5.56 Å². The first-order valence-corrected chi connectivity index (χ1v) is 8.37. The Morgan fingerprint density at radius 1 is 1.15 bits per heavy atom. The Bertz CT molecular complexity index is 1090. The van der Waals surface area contributed by atoms with Crippen LogP contribution >= 0.6 is 11.6 Å². The van der Waals surface area contributed by atoms with Gasteiger partial charge in [0.05, 0.1) is 11.4 Å². The fourth-order valence-electron chi connectivity index (χ4n) is 2.54. The summed E-state index contributed by atoms with van der Waals surface area (Å²) >= 11 is 5.83. The zero-order chi connectivity index (χ0) is 18.8. The van der Waals surface area contributed by atoms with Crippen molar-refractivity contribution in [1.29, 1.82) is 0 Å². The summed E-state index contributed by atoms with van der Waals surface area (Å²) in [6, 6.07) is 6.76. The topological polar surface area (TPSA) is 108 Å². The third-order valence-electron chi connectivity index (χ3n) is 3.91. The highest BCUT2D eigenvalue weighted by atomic mass is 35.5. The number of hydrogen-bond donors (Lipinski definition) is 2. The van der Waals surface area contributed by atoms with Crippen LogP contribution in [0, 0.1) is 13.8 Å². The zero-order valence-corrected chi connectivity index (χ0v) is 15.3. The molecule has 2 heterocycles. The molecule has 0 saturated carbocycles. The first kappa shape index (κ1) is 17.8. The molecule has 26 heavy (non-hydrogen) atoms. The minimum absolute atomic E-state index is 0.116. The number of halogens is 1. The van der Waals surface area contributed by atoms with E-state index in [0.717, 1.165) is 4.68 Å². The Labute approximate surface area is 153 Å². The molecule has 3 aromatic rings. The van der Waals surface area contributed by atoms with E-state index in [1.165, 1.54) is 0 Å². The Morgan fingerprint density at radius 2 is 1.85 bits per heavy atom. The third kappa shape index (κ3) is 3.36. The van der Waals surface area contributed by atoms with Crippen LogP contribution in [-0.4, -0.2) is 19.7 Å². The highest BCUT2D eigenvalue weighted by molar-refractivity contribution is 6.30. The smallest absolute Gasteiger partial charge is 0.291 e. The lowest BCUT2D eigenvalue weighted by atomic mass is 10.2. The molecule has 1 aromatic carbocycles. The minimum Gasteiger partial charge on any atom is -0.291 e. The number of aromatic amines is 2. The summed E-state index contributed by atoms with van der Waals surface area (Å²) in [6.45, 7) is 5.30. The van der Waals surface area contributed by atoms with Crippen LogP contribution in [0.1, 0.15) is 23.9 Å². The molecule has 2 N–H and O–H groups in total. The number of nitrogens with one attached hydrogen (secondary N) is 2. The number of benzene rings is 1. The second kappa shape index (κ2) is 7.09. The number of aromatic nitrogens is 4. The predicted molar refractivity (Wildman–Crippen MR) is 99.3 cm³/mol. The molecule has 0 aliphatic rings. The number of nitrogens with zero attached hydrogens (tertiary/aromatic N) is 4. The molecule has 0 atom stereocenters. The summed E-state index contributed by atoms with van der Waals surface area (Å²) in [5, 5.41) is 11.5. The van der Waals surface area contributed by atoms with E-state index in [1.807, 2.05) is 6.92 Å². The second-order valence-corrected chi connectivity index (χ2v) is 6.15. The van der Waals surface area contributed by atoms with Crippen molar-refractivity contribution < 1.29 is 0 Å². The highest BCUT2D eigenvalue weighted by Crippen LogP contribution is 2.20. The van der Waals surface area contributed by atoms with Crippen molar-refractivity contribution in [3.63, 3.8) is 0 Å². The number of rotatable bonds is 4. The molecule has 8 nitrogen and oxygen atoms in total. The maximum absolute atomic E-state index is 12.6. The molecule has 0 aliphatic heterocycles. The normalized spacial score (nSPS) is 11.4. The van der Waals surface area contributed by atoms with Gasteiger partial charge in [-0.3, -0.25) is 19.7 Å². The quantitative estimate of drug-likeness (QED) is 0.684. The molecular weight excluding hydrogens is 356 g/mol. The lowest BCUT2D eigenvalue weighted by Crippen LogP contribution is -2.24. The first-order valence-electron chi connectivity index (χ1n) is 7.99. The Kier molecular flexibility index (Phi) is 4.85. The molecule has 9 heteroatoms. The maximum Gasteiger partial charge on any atom is 0.301 e. The molecule has 134 valence electrons. The van der Waals surface area contributed by atoms with Crippen molar-refractivity contribution in [2.24, 2.45) is 10.2 Å². The highest BCUT2D eigenvalue weighted by Gasteiger charge is 2.15. The molecule has 3 rings (SSSR count). The predicted octanol–water partition coefficient (Wildman–Crippen LogP) is 3.50. The van der Waals surface area contributed by atoms with Crippen molar-refractivity contribution in [2.45, 2.75) is 27.2 Å². The fourth-order valence-corrected chi connectivity index (χ4v) is 2.66. The van der Waals surface area contributed by atoms with Gasteiger partial charge < -0.3 is 0 Å². The van der Waals surface area contributed by atoms with Gasteiger partial charge in [-0.25, -0.2) is 4.98 Å². The van der Waals surface area contributed by atoms with Crippen LogP contribution in [0.4, 0.5) is 11.4 Å². The molecule has 0 unspecified atom stereocenters. The number of aryl methyl sites for hydroxylation is 2. The average Bonchev–Trinajstić information content (AvgIpc) is 2.88. The van der Waals surface area contributed by atoms with Gasteiger partial charge in [0.2, 0.25) is 5.95 Å². The van der Waals surface area contributed by atoms with Crippen molar-refractivity contribution in [3.8, 4) is 5.95 Å². The molecule has 2 aromatic heterocycles. The van der Waals surface area contributed by atoms with E-state index >= 15 is 0 Å². The van der Waals surface area contributed by atoms with Gasteiger partial charge in [-0.15, -0.1) is 5.11 Å². The van der Waals surface area contributed by atoms with Crippen LogP contribution in [0.5, 0.6) is 0 Å². The number of hydrogen-bond acceptors (Lipinski definition) is 5. The van der Waals surface area contributed by atoms with Crippen molar-refractivity contribution in [3.05, 3.63) is 66.9 Å². The summed E-state index contributed by atoms with van der Waals surface area (Å²) in [4.78, 5) is 31.7. The van der Waals surface area contributed by atoms with Crippen molar-refractivity contribution in [1.82, 2.24) is 19.7 Å². The molecule has 0 spiro atoms. The standard InChI is InChI=1S/C17H17ClN6O2/c1-4-13-9(2)19-17(20-15(13)25)24-16(26)14(10(3)23-24)22-21-12-7-5-11(18)6-8-12/h5-8,23H,4H2,1-3H3,(H,19,20,25). The van der Waals surface area contributed by atoms with Crippen LogP contribution in [0.3, 0.4) is 0 Å². The summed E-state index contributed by atoms with van der Waals surface area (Å²) in [5.74, 6) is 0.116. The van der Waals surface area contributed by atoms with Gasteiger partial charge in [0, 0.05) is 16.3 Å². The van der Waals surface area contributed by atoms with Gasteiger partial charge in [-0.2, -0.15) is 9.80 Å². The average molecular weight is 373 g/mol. The number of azo groups is 1. The van der Waals surface area contributed by atoms with Crippen LogP contribution in [0.2, 0.25) is 5.02 Å². The van der Waals surface area contributed by atoms with Gasteiger partial charge in [0.15, 0.2) is 5.69 Å². The lowest BCUT2D eigenvalue weighted by Gasteiger charge is -2.05. The number of H-pyrrole nitrogens is 2. The lowest BCUT2D eigenvalue weighted by molar-refractivity contribution is 0.755. The van der Waals surface area contributed by atoms with Crippen molar-refractivity contribution >= 4 is 23.0 Å². The Balaban J connectivity index is 2.02. The third-order valence-corrected chi connectivity index (χ3v) is 4.16. The minimum atomic E-state index is -0.452. The van der Waals surface area contributed by atoms with Gasteiger partial charge in [-0.05, 0) is 44.5 Å². The summed E-state index contributed by atoms with van der Waals surface area (Å²) in [7, 11) is 0. The largest absolute Gasteiger partial charge is 0.301 e. The van der Waals surface area contributed by atoms with Crippen LogP contribution in [-0.2, 0) is 6.42 Å². The van der Waals surface area contributed by atoms with Crippen LogP contribution < -0.4 is 11.1 Å². The van der Waals surface area contributed by atoms with Gasteiger partial charge in [0.1, 0.15) is 0 Å². The van der Waals surface area contributed by atoms with Crippen LogP contribution in [0.15, 0.2) is 44.1 Å². The zero-order valence-electron chi connectivity index (χ0n) is 14.5. The molecule has 0 radical (unpaired) electrons. The fraction of sp³-hybridized carbons (Fsp3) is 0.235. The molecule has 0 saturated heterocycles. The van der Waals surface area contributed by atoms with E-state index in [0.29, 0.717) is 34.1 Å². The van der Waals surface area contributed by atoms with E-state index in [9.17, 15) is 9.59 Å². The van der Waals surface area contributed by atoms with E-state index in [-0.39, 0.29) is 17.2 Å².